The molecular formula is C33H35Cl2FN2O5. The third-order valence-corrected chi connectivity index (χ3v) is 9.40. The number of nitrogens with zero attached hydrogens (tertiary/aromatic N) is 2. The van der Waals surface area contributed by atoms with E-state index in [1.807, 2.05) is 12.1 Å². The van der Waals surface area contributed by atoms with Gasteiger partial charge in [0.15, 0.2) is 5.72 Å². The topological polar surface area (TPSA) is 79.3 Å². The predicted molar refractivity (Wildman–Crippen MR) is 162 cm³/mol. The molecule has 3 aromatic carbocycles. The molecule has 3 aromatic rings. The number of hydrogen-bond acceptors (Lipinski definition) is 6. The van der Waals surface area contributed by atoms with Crippen molar-refractivity contribution in [2.24, 2.45) is 5.92 Å². The predicted octanol–water partition coefficient (Wildman–Crippen LogP) is 6.12. The van der Waals surface area contributed by atoms with Gasteiger partial charge >= 0.3 is 5.97 Å². The van der Waals surface area contributed by atoms with E-state index >= 15 is 4.39 Å². The third-order valence-electron chi connectivity index (χ3n) is 8.90. The number of esters is 1. The molecule has 0 aliphatic carbocycles. The zero-order valence-corrected chi connectivity index (χ0v) is 25.9. The Morgan fingerprint density at radius 3 is 2.23 bits per heavy atom. The van der Waals surface area contributed by atoms with Gasteiger partial charge in [-0.3, -0.25) is 14.5 Å². The lowest BCUT2D eigenvalue weighted by molar-refractivity contribution is -0.141. The number of likely N-dealkylation sites (tertiary alicyclic amines) is 1. The lowest BCUT2D eigenvalue weighted by atomic mass is 9.76. The first-order valence-corrected chi connectivity index (χ1v) is 15.0. The smallest absolute Gasteiger partial charge is 0.306 e. The number of fused-ring (bicyclic) bond motifs is 1. The Balaban J connectivity index is 1.51. The van der Waals surface area contributed by atoms with Crippen molar-refractivity contribution < 1.29 is 28.6 Å². The van der Waals surface area contributed by atoms with E-state index in [9.17, 15) is 14.7 Å². The summed E-state index contributed by atoms with van der Waals surface area (Å²) in [5.74, 6) is -1.50. The normalized spacial score (nSPS) is 20.6. The molecule has 2 atom stereocenters. The standard InChI is InChI=1S/C33H35Cl2FN2O5/c1-32(41,22-12-15-37(16-13-22)17-14-29(39)42-2)24-18-27-30(28(36)19-24)33(43-3,23-6-10-26(35)11-7-23)38(31(27)40)20-21-4-8-25(34)9-5-21/h4-11,18-19,22,41H,12-17,20H2,1-3H3/t32?,33-/m1/s1. The Morgan fingerprint density at radius 2 is 1.65 bits per heavy atom. The van der Waals surface area contributed by atoms with Crippen LogP contribution in [0.2, 0.25) is 10.0 Å². The third kappa shape index (κ3) is 5.91. The van der Waals surface area contributed by atoms with Gasteiger partial charge in [0, 0.05) is 35.8 Å². The SMILES string of the molecule is COC(=O)CCN1CCC(C(C)(O)c2cc(F)c3c(c2)C(=O)N(Cc2ccc(Cl)cc2)[C@@]3(OC)c2ccc(Cl)cc2)CC1. The van der Waals surface area contributed by atoms with E-state index in [1.165, 1.54) is 25.2 Å². The molecule has 1 N–H and O–H groups in total. The molecule has 0 bridgehead atoms. The first-order valence-electron chi connectivity index (χ1n) is 14.2. The average molecular weight is 630 g/mol. The minimum absolute atomic E-state index is 0.0912. The monoisotopic (exact) mass is 628 g/mol. The summed E-state index contributed by atoms with van der Waals surface area (Å²) < 4.78 is 27.3. The second-order valence-electron chi connectivity index (χ2n) is 11.3. The van der Waals surface area contributed by atoms with Gasteiger partial charge in [-0.05, 0) is 86.3 Å². The van der Waals surface area contributed by atoms with Crippen LogP contribution in [-0.2, 0) is 32.1 Å². The van der Waals surface area contributed by atoms with Gasteiger partial charge in [0.25, 0.3) is 5.91 Å². The van der Waals surface area contributed by atoms with Crippen LogP contribution in [0.15, 0.2) is 60.7 Å². The van der Waals surface area contributed by atoms with Crippen molar-refractivity contribution in [3.8, 4) is 0 Å². The van der Waals surface area contributed by atoms with Gasteiger partial charge < -0.3 is 19.5 Å². The molecule has 228 valence electrons. The number of methoxy groups -OCH3 is 2. The van der Waals surface area contributed by atoms with Crippen LogP contribution in [0.4, 0.5) is 4.39 Å². The highest BCUT2D eigenvalue weighted by Gasteiger charge is 2.54. The second kappa shape index (κ2) is 12.5. The zero-order chi connectivity index (χ0) is 30.9. The number of aliphatic hydroxyl groups is 1. The number of carbonyl (C=O) groups excluding carboxylic acids is 2. The van der Waals surface area contributed by atoms with E-state index in [0.29, 0.717) is 60.1 Å². The molecule has 1 saturated heterocycles. The van der Waals surface area contributed by atoms with E-state index in [-0.39, 0.29) is 29.6 Å². The summed E-state index contributed by atoms with van der Waals surface area (Å²) in [6.45, 7) is 3.74. The molecular weight excluding hydrogens is 594 g/mol. The van der Waals surface area contributed by atoms with Gasteiger partial charge in [-0.25, -0.2) is 4.39 Å². The molecule has 1 amide bonds. The molecule has 0 radical (unpaired) electrons. The summed E-state index contributed by atoms with van der Waals surface area (Å²) in [5.41, 5.74) is -1.09. The van der Waals surface area contributed by atoms with Gasteiger partial charge in [-0.15, -0.1) is 0 Å². The Morgan fingerprint density at radius 1 is 1.05 bits per heavy atom. The molecule has 0 saturated carbocycles. The van der Waals surface area contributed by atoms with Gasteiger partial charge in [-0.1, -0.05) is 47.5 Å². The Labute approximate surface area is 261 Å². The Hall–Kier alpha value is -3.01. The number of rotatable bonds is 9. The molecule has 43 heavy (non-hydrogen) atoms. The highest BCUT2D eigenvalue weighted by atomic mass is 35.5. The summed E-state index contributed by atoms with van der Waals surface area (Å²) in [5, 5.41) is 12.9. The molecule has 10 heteroatoms. The average Bonchev–Trinajstić information content (AvgIpc) is 3.25. The molecule has 2 heterocycles. The second-order valence-corrected chi connectivity index (χ2v) is 12.2. The summed E-state index contributed by atoms with van der Waals surface area (Å²) in [7, 11) is 2.82. The van der Waals surface area contributed by atoms with Crippen LogP contribution in [0.25, 0.3) is 0 Å². The lowest BCUT2D eigenvalue weighted by Crippen LogP contribution is -2.46. The lowest BCUT2D eigenvalue weighted by Gasteiger charge is -2.40. The number of halogens is 3. The number of ether oxygens (including phenoxy) is 2. The maximum Gasteiger partial charge on any atom is 0.306 e. The van der Waals surface area contributed by atoms with Crippen molar-refractivity contribution in [1.29, 1.82) is 0 Å². The Bertz CT molecular complexity index is 1490. The van der Waals surface area contributed by atoms with Crippen LogP contribution in [-0.4, -0.2) is 60.6 Å². The van der Waals surface area contributed by atoms with Crippen molar-refractivity contribution in [1.82, 2.24) is 9.80 Å². The van der Waals surface area contributed by atoms with Gasteiger partial charge in [-0.2, -0.15) is 0 Å². The van der Waals surface area contributed by atoms with Crippen LogP contribution < -0.4 is 0 Å². The summed E-state index contributed by atoms with van der Waals surface area (Å²) in [6, 6.07) is 16.8. The van der Waals surface area contributed by atoms with E-state index in [0.717, 1.165) is 5.56 Å². The quantitative estimate of drug-likeness (QED) is 0.288. The number of amides is 1. The van der Waals surface area contributed by atoms with Crippen molar-refractivity contribution in [2.45, 2.75) is 44.1 Å². The number of piperidine rings is 1. The van der Waals surface area contributed by atoms with Gasteiger partial charge in [0.05, 0.1) is 30.3 Å². The number of benzene rings is 3. The largest absolute Gasteiger partial charge is 0.469 e. The zero-order valence-electron chi connectivity index (χ0n) is 24.4. The molecule has 2 aliphatic heterocycles. The van der Waals surface area contributed by atoms with E-state index in [2.05, 4.69) is 4.90 Å². The highest BCUT2D eigenvalue weighted by molar-refractivity contribution is 6.30. The first-order chi connectivity index (χ1) is 20.5. The van der Waals surface area contributed by atoms with Crippen molar-refractivity contribution in [3.05, 3.63) is 104 Å². The van der Waals surface area contributed by atoms with Crippen LogP contribution in [0.1, 0.15) is 58.8 Å². The van der Waals surface area contributed by atoms with Crippen LogP contribution in [0.5, 0.6) is 0 Å². The Kier molecular flexibility index (Phi) is 9.16. The highest BCUT2D eigenvalue weighted by Crippen LogP contribution is 2.49. The fraction of sp³-hybridized carbons (Fsp3) is 0.394. The van der Waals surface area contributed by atoms with Crippen LogP contribution in [0, 0.1) is 11.7 Å². The van der Waals surface area contributed by atoms with Crippen LogP contribution >= 0.6 is 23.2 Å². The molecule has 7 nitrogen and oxygen atoms in total. The minimum atomic E-state index is -1.57. The van der Waals surface area contributed by atoms with Gasteiger partial charge in [0.1, 0.15) is 5.82 Å². The summed E-state index contributed by atoms with van der Waals surface area (Å²) in [4.78, 5) is 29.4. The first kappa shape index (κ1) is 31.4. The molecule has 0 spiro atoms. The fourth-order valence-corrected chi connectivity index (χ4v) is 6.65. The summed E-state index contributed by atoms with van der Waals surface area (Å²) >= 11 is 12.3. The van der Waals surface area contributed by atoms with Crippen molar-refractivity contribution in [2.75, 3.05) is 33.9 Å². The maximum absolute atomic E-state index is 16.4. The molecule has 1 fully saturated rings. The summed E-state index contributed by atoms with van der Waals surface area (Å²) in [6.07, 6.45) is 1.60. The molecule has 0 aromatic heterocycles. The molecule has 5 rings (SSSR count). The molecule has 2 aliphatic rings. The van der Waals surface area contributed by atoms with Gasteiger partial charge in [0.2, 0.25) is 0 Å². The minimum Gasteiger partial charge on any atom is -0.469 e. The van der Waals surface area contributed by atoms with Crippen molar-refractivity contribution in [3.63, 3.8) is 0 Å². The van der Waals surface area contributed by atoms with E-state index < -0.39 is 23.1 Å². The maximum atomic E-state index is 16.4. The van der Waals surface area contributed by atoms with E-state index in [4.69, 9.17) is 32.7 Å². The number of carbonyl (C=O) groups is 2. The fourth-order valence-electron chi connectivity index (χ4n) is 6.40. The number of hydrogen-bond donors (Lipinski definition) is 1. The van der Waals surface area contributed by atoms with Crippen molar-refractivity contribution >= 4 is 35.1 Å². The van der Waals surface area contributed by atoms with Crippen LogP contribution in [0.3, 0.4) is 0 Å². The van der Waals surface area contributed by atoms with E-state index in [1.54, 1.807) is 49.4 Å². The molecule has 1 unspecified atom stereocenters.